The summed E-state index contributed by atoms with van der Waals surface area (Å²) in [6.07, 6.45) is 1.56. The fourth-order valence-electron chi connectivity index (χ4n) is 1.98. The third kappa shape index (κ3) is 3.52. The van der Waals surface area contributed by atoms with Crippen LogP contribution < -0.4 is 0 Å². The van der Waals surface area contributed by atoms with Gasteiger partial charge in [-0.05, 0) is 35.0 Å². The van der Waals surface area contributed by atoms with Gasteiger partial charge >= 0.3 is 5.97 Å². The van der Waals surface area contributed by atoms with Gasteiger partial charge in [0.25, 0.3) is 5.91 Å². The molecule has 2 heterocycles. The average molecular weight is 359 g/mol. The Hall–Kier alpha value is -1.08. The SMILES string of the molecule is CCOC(=O)C1CSCCN1C(=O)c1ccnc(Br)c1. The molecule has 1 fully saturated rings. The quantitative estimate of drug-likeness (QED) is 0.610. The Labute approximate surface area is 130 Å². The molecular weight excluding hydrogens is 344 g/mol. The largest absolute Gasteiger partial charge is 0.464 e. The second-order valence-electron chi connectivity index (χ2n) is 4.21. The Morgan fingerprint density at radius 1 is 1.60 bits per heavy atom. The monoisotopic (exact) mass is 358 g/mol. The Morgan fingerprint density at radius 3 is 3.10 bits per heavy atom. The predicted molar refractivity (Wildman–Crippen MR) is 80.7 cm³/mol. The van der Waals surface area contributed by atoms with Crippen molar-refractivity contribution in [3.05, 3.63) is 28.5 Å². The smallest absolute Gasteiger partial charge is 0.329 e. The second kappa shape index (κ2) is 7.08. The van der Waals surface area contributed by atoms with Gasteiger partial charge in [0, 0.05) is 29.8 Å². The molecule has 1 aliphatic heterocycles. The fraction of sp³-hybridized carbons (Fsp3) is 0.462. The first-order valence-electron chi connectivity index (χ1n) is 6.30. The highest BCUT2D eigenvalue weighted by Crippen LogP contribution is 2.21. The van der Waals surface area contributed by atoms with Crippen LogP contribution in [0.2, 0.25) is 0 Å². The van der Waals surface area contributed by atoms with Crippen LogP contribution in [0.4, 0.5) is 0 Å². The van der Waals surface area contributed by atoms with Gasteiger partial charge in [-0.15, -0.1) is 0 Å². The molecule has 1 aromatic rings. The van der Waals surface area contributed by atoms with Crippen LogP contribution in [0.5, 0.6) is 0 Å². The molecule has 20 heavy (non-hydrogen) atoms. The number of esters is 1. The van der Waals surface area contributed by atoms with E-state index in [1.54, 1.807) is 41.9 Å². The zero-order valence-corrected chi connectivity index (χ0v) is 13.4. The van der Waals surface area contributed by atoms with Gasteiger partial charge in [0.05, 0.1) is 6.61 Å². The van der Waals surface area contributed by atoms with Crippen molar-refractivity contribution in [1.82, 2.24) is 9.88 Å². The van der Waals surface area contributed by atoms with Gasteiger partial charge in [-0.25, -0.2) is 9.78 Å². The number of thioether (sulfide) groups is 1. The summed E-state index contributed by atoms with van der Waals surface area (Å²) >= 11 is 4.91. The van der Waals surface area contributed by atoms with Gasteiger partial charge in [0.2, 0.25) is 0 Å². The number of carbonyl (C=O) groups is 2. The fourth-order valence-corrected chi connectivity index (χ4v) is 3.38. The predicted octanol–water partition coefficient (Wildman–Crippen LogP) is 1.96. The highest BCUT2D eigenvalue weighted by molar-refractivity contribution is 9.10. The lowest BCUT2D eigenvalue weighted by molar-refractivity contribution is -0.147. The van der Waals surface area contributed by atoms with Crippen molar-refractivity contribution in [1.29, 1.82) is 0 Å². The minimum absolute atomic E-state index is 0.161. The van der Waals surface area contributed by atoms with Crippen molar-refractivity contribution in [2.75, 3.05) is 24.7 Å². The van der Waals surface area contributed by atoms with Crippen LogP contribution in [-0.4, -0.2) is 52.5 Å². The number of pyridine rings is 1. The highest BCUT2D eigenvalue weighted by Gasteiger charge is 2.34. The number of rotatable bonds is 3. The minimum atomic E-state index is -0.506. The minimum Gasteiger partial charge on any atom is -0.464 e. The van der Waals surface area contributed by atoms with E-state index in [0.29, 0.717) is 29.1 Å². The molecule has 1 unspecified atom stereocenters. The van der Waals surface area contributed by atoms with Gasteiger partial charge in [-0.3, -0.25) is 4.79 Å². The van der Waals surface area contributed by atoms with E-state index in [-0.39, 0.29) is 11.9 Å². The van der Waals surface area contributed by atoms with E-state index in [4.69, 9.17) is 4.74 Å². The number of nitrogens with zero attached hydrogens (tertiary/aromatic N) is 2. The first-order chi connectivity index (χ1) is 9.63. The van der Waals surface area contributed by atoms with E-state index >= 15 is 0 Å². The highest BCUT2D eigenvalue weighted by atomic mass is 79.9. The van der Waals surface area contributed by atoms with Crippen LogP contribution in [-0.2, 0) is 9.53 Å². The van der Waals surface area contributed by atoms with E-state index in [1.807, 2.05) is 0 Å². The third-order valence-corrected chi connectivity index (χ3v) is 4.38. The normalized spacial score (nSPS) is 18.7. The van der Waals surface area contributed by atoms with Gasteiger partial charge in [0.1, 0.15) is 10.6 Å². The number of carbonyl (C=O) groups excluding carboxylic acids is 2. The maximum absolute atomic E-state index is 12.5. The van der Waals surface area contributed by atoms with E-state index in [9.17, 15) is 9.59 Å². The molecular formula is C13H15BrN2O3S. The molecule has 1 saturated heterocycles. The summed E-state index contributed by atoms with van der Waals surface area (Å²) in [6, 6.07) is 2.80. The lowest BCUT2D eigenvalue weighted by Crippen LogP contribution is -2.51. The lowest BCUT2D eigenvalue weighted by Gasteiger charge is -2.33. The Bertz CT molecular complexity index is 512. The molecule has 2 rings (SSSR count). The molecule has 1 atom stereocenters. The van der Waals surface area contributed by atoms with Crippen molar-refractivity contribution in [2.24, 2.45) is 0 Å². The molecule has 7 heteroatoms. The molecule has 0 radical (unpaired) electrons. The molecule has 5 nitrogen and oxygen atoms in total. The summed E-state index contributed by atoms with van der Waals surface area (Å²) < 4.78 is 5.65. The van der Waals surface area contributed by atoms with Crippen molar-refractivity contribution in [3.63, 3.8) is 0 Å². The molecule has 0 aromatic carbocycles. The van der Waals surface area contributed by atoms with E-state index < -0.39 is 6.04 Å². The number of amides is 1. The third-order valence-electron chi connectivity index (χ3n) is 2.92. The van der Waals surface area contributed by atoms with Crippen LogP contribution in [0.1, 0.15) is 17.3 Å². The van der Waals surface area contributed by atoms with Gasteiger partial charge in [0.15, 0.2) is 0 Å². The molecule has 1 aliphatic rings. The molecule has 0 aliphatic carbocycles. The second-order valence-corrected chi connectivity index (χ2v) is 6.17. The Morgan fingerprint density at radius 2 is 2.40 bits per heavy atom. The van der Waals surface area contributed by atoms with Gasteiger partial charge < -0.3 is 9.64 Å². The van der Waals surface area contributed by atoms with E-state index in [1.165, 1.54) is 0 Å². The summed E-state index contributed by atoms with van der Waals surface area (Å²) in [6.45, 7) is 2.63. The molecule has 0 spiro atoms. The van der Waals surface area contributed by atoms with E-state index in [0.717, 1.165) is 5.75 Å². The zero-order chi connectivity index (χ0) is 14.5. The van der Waals surface area contributed by atoms with Gasteiger partial charge in [-0.2, -0.15) is 11.8 Å². The van der Waals surface area contributed by atoms with Crippen LogP contribution in [0.15, 0.2) is 22.9 Å². The van der Waals surface area contributed by atoms with Crippen LogP contribution in [0.3, 0.4) is 0 Å². The van der Waals surface area contributed by atoms with Crippen LogP contribution in [0.25, 0.3) is 0 Å². The van der Waals surface area contributed by atoms with E-state index in [2.05, 4.69) is 20.9 Å². The van der Waals surface area contributed by atoms with Crippen molar-refractivity contribution in [3.8, 4) is 0 Å². The van der Waals surface area contributed by atoms with Crippen LogP contribution in [0, 0.1) is 0 Å². The zero-order valence-electron chi connectivity index (χ0n) is 11.0. The summed E-state index contributed by atoms with van der Waals surface area (Å²) in [7, 11) is 0. The number of aromatic nitrogens is 1. The first kappa shape index (κ1) is 15.3. The van der Waals surface area contributed by atoms with Crippen molar-refractivity contribution < 1.29 is 14.3 Å². The molecule has 1 amide bonds. The lowest BCUT2D eigenvalue weighted by atomic mass is 10.2. The Kier molecular flexibility index (Phi) is 5.42. The number of ether oxygens (including phenoxy) is 1. The number of hydrogen-bond donors (Lipinski definition) is 0. The maximum Gasteiger partial charge on any atom is 0.329 e. The summed E-state index contributed by atoms with van der Waals surface area (Å²) in [5.41, 5.74) is 0.521. The average Bonchev–Trinajstić information content (AvgIpc) is 2.47. The van der Waals surface area contributed by atoms with Crippen LogP contribution >= 0.6 is 27.7 Å². The molecule has 1 aromatic heterocycles. The summed E-state index contributed by atoms with van der Waals surface area (Å²) in [5.74, 6) is 0.915. The van der Waals surface area contributed by atoms with Gasteiger partial charge in [-0.1, -0.05) is 0 Å². The molecule has 0 bridgehead atoms. The molecule has 0 N–H and O–H groups in total. The maximum atomic E-state index is 12.5. The topological polar surface area (TPSA) is 59.5 Å². The molecule has 108 valence electrons. The number of hydrogen-bond acceptors (Lipinski definition) is 5. The first-order valence-corrected chi connectivity index (χ1v) is 8.25. The molecule has 0 saturated carbocycles. The standard InChI is InChI=1S/C13H15BrN2O3S/c1-2-19-13(18)10-8-20-6-5-16(10)12(17)9-3-4-15-11(14)7-9/h3-4,7,10H,2,5-6,8H2,1H3. The number of halogens is 1. The van der Waals surface area contributed by atoms with Crippen molar-refractivity contribution >= 4 is 39.6 Å². The summed E-state index contributed by atoms with van der Waals surface area (Å²) in [5, 5.41) is 0. The summed E-state index contributed by atoms with van der Waals surface area (Å²) in [4.78, 5) is 30.1. The van der Waals surface area contributed by atoms with Crippen molar-refractivity contribution in [2.45, 2.75) is 13.0 Å². The Balaban J connectivity index is 2.19.